The summed E-state index contributed by atoms with van der Waals surface area (Å²) in [5.74, 6) is 0. The van der Waals surface area contributed by atoms with Crippen LogP contribution in [0.15, 0.2) is 36.6 Å². The van der Waals surface area contributed by atoms with E-state index in [0.29, 0.717) is 39.6 Å². The second-order valence-electron chi connectivity index (χ2n) is 5.44. The fourth-order valence-electron chi connectivity index (χ4n) is 2.00. The molecule has 4 heteroatoms. The molecule has 0 aliphatic heterocycles. The van der Waals surface area contributed by atoms with Crippen molar-refractivity contribution >= 4 is 11.1 Å². The Morgan fingerprint density at radius 1 is 0.875 bits per heavy atom. The molecule has 24 heavy (non-hydrogen) atoms. The van der Waals surface area contributed by atoms with Crippen LogP contribution >= 0.6 is 0 Å². The quantitative estimate of drug-likeness (QED) is 0.425. The first-order chi connectivity index (χ1) is 11.7. The Morgan fingerprint density at radius 2 is 1.46 bits per heavy atom. The van der Waals surface area contributed by atoms with Gasteiger partial charge in [0, 0.05) is 7.11 Å². The third kappa shape index (κ3) is 8.29. The summed E-state index contributed by atoms with van der Waals surface area (Å²) in [5, 5.41) is 0. The van der Waals surface area contributed by atoms with Crippen molar-refractivity contribution in [3.05, 3.63) is 47.7 Å². The van der Waals surface area contributed by atoms with Gasteiger partial charge in [-0.1, -0.05) is 24.3 Å². The molecule has 0 heterocycles. The average molecular weight is 334 g/mol. The Morgan fingerprint density at radius 3 is 2.08 bits per heavy atom. The summed E-state index contributed by atoms with van der Waals surface area (Å²) in [7, 11) is 1.66. The van der Waals surface area contributed by atoms with E-state index in [1.54, 1.807) is 13.4 Å². The minimum absolute atomic E-state index is 0.531. The van der Waals surface area contributed by atoms with Crippen LogP contribution in [0, 0.1) is 0 Å². The SMILES string of the molecule is C/C=C(\C)c1cccc(/C(C)=C/OCCOCCOCCOC)c1. The zero-order chi connectivity index (χ0) is 17.6. The Bertz CT molecular complexity index is 520. The van der Waals surface area contributed by atoms with Gasteiger partial charge in [-0.2, -0.15) is 0 Å². The van der Waals surface area contributed by atoms with E-state index in [2.05, 4.69) is 51.1 Å². The van der Waals surface area contributed by atoms with E-state index in [1.165, 1.54) is 16.7 Å². The average Bonchev–Trinajstić information content (AvgIpc) is 2.62. The van der Waals surface area contributed by atoms with E-state index in [-0.39, 0.29) is 0 Å². The van der Waals surface area contributed by atoms with Crippen molar-refractivity contribution in [1.82, 2.24) is 0 Å². The maximum atomic E-state index is 5.56. The van der Waals surface area contributed by atoms with Crippen molar-refractivity contribution in [3.8, 4) is 0 Å². The minimum atomic E-state index is 0.531. The Hall–Kier alpha value is -1.62. The standard InChI is InChI=1S/C20H30O4/c1-5-17(2)19-7-6-8-20(15-19)18(3)16-24-14-13-23-12-11-22-10-9-21-4/h5-8,15-16H,9-14H2,1-4H3/b17-5+,18-16+. The summed E-state index contributed by atoms with van der Waals surface area (Å²) in [5.41, 5.74) is 4.77. The summed E-state index contributed by atoms with van der Waals surface area (Å²) >= 11 is 0. The van der Waals surface area contributed by atoms with Gasteiger partial charge in [0.2, 0.25) is 0 Å². The van der Waals surface area contributed by atoms with Crippen LogP contribution in [-0.4, -0.2) is 46.8 Å². The van der Waals surface area contributed by atoms with Gasteiger partial charge in [-0.15, -0.1) is 0 Å². The van der Waals surface area contributed by atoms with Gasteiger partial charge in [0.15, 0.2) is 0 Å². The molecule has 0 amide bonds. The van der Waals surface area contributed by atoms with Gasteiger partial charge in [-0.25, -0.2) is 0 Å². The lowest BCUT2D eigenvalue weighted by molar-refractivity contribution is 0.0144. The molecule has 4 nitrogen and oxygen atoms in total. The molecule has 0 saturated heterocycles. The molecular formula is C20H30O4. The van der Waals surface area contributed by atoms with Gasteiger partial charge >= 0.3 is 0 Å². The molecule has 0 aromatic heterocycles. The molecule has 0 fully saturated rings. The molecule has 0 unspecified atom stereocenters. The highest BCUT2D eigenvalue weighted by Gasteiger charge is 2.00. The van der Waals surface area contributed by atoms with Crippen LogP contribution < -0.4 is 0 Å². The number of benzene rings is 1. The van der Waals surface area contributed by atoms with Gasteiger partial charge in [0.25, 0.3) is 0 Å². The monoisotopic (exact) mass is 334 g/mol. The van der Waals surface area contributed by atoms with Crippen LogP contribution in [0.25, 0.3) is 11.1 Å². The lowest BCUT2D eigenvalue weighted by Crippen LogP contribution is -2.10. The fourth-order valence-corrected chi connectivity index (χ4v) is 2.00. The van der Waals surface area contributed by atoms with Crippen molar-refractivity contribution in [3.63, 3.8) is 0 Å². The molecule has 0 aliphatic carbocycles. The number of hydrogen-bond donors (Lipinski definition) is 0. The Labute approximate surface area is 146 Å². The summed E-state index contributed by atoms with van der Waals surface area (Å²) in [6.07, 6.45) is 3.91. The molecule has 0 bridgehead atoms. The Balaban J connectivity index is 2.25. The highest BCUT2D eigenvalue weighted by atomic mass is 16.5. The first-order valence-corrected chi connectivity index (χ1v) is 8.35. The summed E-state index contributed by atoms with van der Waals surface area (Å²) in [6.45, 7) is 9.66. The van der Waals surface area contributed by atoms with Crippen LogP contribution in [0.4, 0.5) is 0 Å². The Kier molecular flexibility index (Phi) is 10.9. The highest BCUT2D eigenvalue weighted by Crippen LogP contribution is 2.20. The van der Waals surface area contributed by atoms with Crippen LogP contribution in [0.3, 0.4) is 0 Å². The summed E-state index contributed by atoms with van der Waals surface area (Å²) in [6, 6.07) is 8.46. The first kappa shape index (κ1) is 20.4. The maximum absolute atomic E-state index is 5.56. The smallest absolute Gasteiger partial charge is 0.111 e. The third-order valence-corrected chi connectivity index (χ3v) is 3.62. The van der Waals surface area contributed by atoms with Crippen molar-refractivity contribution in [2.75, 3.05) is 46.8 Å². The molecule has 0 radical (unpaired) electrons. The van der Waals surface area contributed by atoms with Crippen molar-refractivity contribution in [1.29, 1.82) is 0 Å². The largest absolute Gasteiger partial charge is 0.498 e. The van der Waals surface area contributed by atoms with E-state index in [0.717, 1.165) is 5.57 Å². The van der Waals surface area contributed by atoms with E-state index < -0.39 is 0 Å². The predicted octanol–water partition coefficient (Wildman–Crippen LogP) is 4.17. The molecule has 0 aliphatic rings. The summed E-state index contributed by atoms with van der Waals surface area (Å²) < 4.78 is 21.2. The molecular weight excluding hydrogens is 304 g/mol. The van der Waals surface area contributed by atoms with E-state index >= 15 is 0 Å². The van der Waals surface area contributed by atoms with E-state index in [4.69, 9.17) is 18.9 Å². The topological polar surface area (TPSA) is 36.9 Å². The molecule has 0 spiro atoms. The minimum Gasteiger partial charge on any atom is -0.498 e. The number of hydrogen-bond acceptors (Lipinski definition) is 4. The van der Waals surface area contributed by atoms with Crippen molar-refractivity contribution in [2.45, 2.75) is 20.8 Å². The van der Waals surface area contributed by atoms with Crippen molar-refractivity contribution in [2.24, 2.45) is 0 Å². The molecule has 0 N–H and O–H groups in total. The molecule has 0 saturated carbocycles. The van der Waals surface area contributed by atoms with Gasteiger partial charge in [-0.3, -0.25) is 0 Å². The molecule has 134 valence electrons. The van der Waals surface area contributed by atoms with Crippen LogP contribution in [0.5, 0.6) is 0 Å². The number of rotatable bonds is 12. The fraction of sp³-hybridized carbons (Fsp3) is 0.500. The maximum Gasteiger partial charge on any atom is 0.111 e. The molecule has 1 aromatic rings. The van der Waals surface area contributed by atoms with Gasteiger partial charge < -0.3 is 18.9 Å². The highest BCUT2D eigenvalue weighted by molar-refractivity contribution is 5.70. The molecule has 0 atom stereocenters. The van der Waals surface area contributed by atoms with E-state index in [9.17, 15) is 0 Å². The molecule has 1 aromatic carbocycles. The second kappa shape index (κ2) is 12.8. The van der Waals surface area contributed by atoms with Gasteiger partial charge in [0.1, 0.15) is 6.61 Å². The van der Waals surface area contributed by atoms with Crippen molar-refractivity contribution < 1.29 is 18.9 Å². The zero-order valence-electron chi connectivity index (χ0n) is 15.3. The van der Waals surface area contributed by atoms with Crippen LogP contribution in [-0.2, 0) is 18.9 Å². The lowest BCUT2D eigenvalue weighted by atomic mass is 10.0. The second-order valence-corrected chi connectivity index (χ2v) is 5.44. The zero-order valence-corrected chi connectivity index (χ0v) is 15.3. The summed E-state index contributed by atoms with van der Waals surface area (Å²) in [4.78, 5) is 0. The van der Waals surface area contributed by atoms with Gasteiger partial charge in [0.05, 0.1) is 39.3 Å². The number of ether oxygens (including phenoxy) is 4. The predicted molar refractivity (Wildman–Crippen MR) is 98.9 cm³/mol. The molecule has 1 rings (SSSR count). The lowest BCUT2D eigenvalue weighted by Gasteiger charge is -2.08. The van der Waals surface area contributed by atoms with Crippen LogP contribution in [0.2, 0.25) is 0 Å². The normalized spacial score (nSPS) is 12.5. The number of allylic oxidation sites excluding steroid dienone is 3. The first-order valence-electron chi connectivity index (χ1n) is 8.35. The van der Waals surface area contributed by atoms with E-state index in [1.807, 2.05) is 0 Å². The number of methoxy groups -OCH3 is 1. The van der Waals surface area contributed by atoms with Gasteiger partial charge in [-0.05, 0) is 49.1 Å². The third-order valence-electron chi connectivity index (χ3n) is 3.62. The van der Waals surface area contributed by atoms with Crippen LogP contribution in [0.1, 0.15) is 31.9 Å².